The largest absolute Gasteiger partial charge is 0.490 e. The van der Waals surface area contributed by atoms with Crippen LogP contribution < -0.4 is 4.74 Å². The minimum atomic E-state index is -0.802. The summed E-state index contributed by atoms with van der Waals surface area (Å²) in [6.07, 6.45) is 1.89. The molecule has 0 saturated heterocycles. The van der Waals surface area contributed by atoms with E-state index in [1.54, 1.807) is 25.1 Å². The molecule has 4 nitrogen and oxygen atoms in total. The molecule has 1 aromatic carbocycles. The number of ketones is 1. The molecule has 1 atom stereocenters. The molecule has 0 saturated carbocycles. The molecule has 1 aromatic rings. The van der Waals surface area contributed by atoms with E-state index < -0.39 is 11.8 Å². The van der Waals surface area contributed by atoms with Crippen LogP contribution in [0.2, 0.25) is 0 Å². The van der Waals surface area contributed by atoms with Crippen molar-refractivity contribution in [1.29, 1.82) is 0 Å². The van der Waals surface area contributed by atoms with Gasteiger partial charge in [0.05, 0.1) is 6.61 Å². The molecule has 0 aliphatic carbocycles. The zero-order valence-electron chi connectivity index (χ0n) is 10.6. The monoisotopic (exact) mass is 248 g/mol. The number of carbonyl (C=O) groups is 2. The lowest BCUT2D eigenvalue weighted by atomic mass is 10.0. The predicted molar refractivity (Wildman–Crippen MR) is 65.8 cm³/mol. The van der Waals surface area contributed by atoms with Gasteiger partial charge in [-0.2, -0.15) is 0 Å². The first-order valence-electron chi connectivity index (χ1n) is 6.16. The van der Waals surface area contributed by atoms with Crippen molar-refractivity contribution in [3.8, 4) is 5.75 Å². The first-order chi connectivity index (χ1) is 8.65. The molecule has 1 unspecified atom stereocenters. The van der Waals surface area contributed by atoms with E-state index in [2.05, 4.69) is 6.92 Å². The molecule has 18 heavy (non-hydrogen) atoms. The highest BCUT2D eigenvalue weighted by Crippen LogP contribution is 2.30. The third kappa shape index (κ3) is 2.37. The van der Waals surface area contributed by atoms with Crippen LogP contribution in [0.3, 0.4) is 0 Å². The average molecular weight is 248 g/mol. The quantitative estimate of drug-likeness (QED) is 0.465. The Bertz CT molecular complexity index is 479. The average Bonchev–Trinajstić information content (AvgIpc) is 2.79. The lowest BCUT2D eigenvalue weighted by Crippen LogP contribution is -2.17. The zero-order chi connectivity index (χ0) is 13.1. The molecule has 2 rings (SSSR count). The van der Waals surface area contributed by atoms with Crippen LogP contribution in [0.25, 0.3) is 0 Å². The molecule has 1 aliphatic rings. The summed E-state index contributed by atoms with van der Waals surface area (Å²) >= 11 is 0. The summed E-state index contributed by atoms with van der Waals surface area (Å²) < 4.78 is 10.4. The van der Waals surface area contributed by atoms with Crippen molar-refractivity contribution in [3.05, 3.63) is 29.3 Å². The SMILES string of the molecule is CCOC(=O)C(=O)c1ccc2c(c1)CC(CC)O2. The summed E-state index contributed by atoms with van der Waals surface area (Å²) in [5.74, 6) is -0.592. The van der Waals surface area contributed by atoms with Crippen molar-refractivity contribution >= 4 is 11.8 Å². The van der Waals surface area contributed by atoms with E-state index >= 15 is 0 Å². The summed E-state index contributed by atoms with van der Waals surface area (Å²) in [6, 6.07) is 5.08. The second-order valence-corrected chi connectivity index (χ2v) is 4.22. The molecule has 0 spiro atoms. The first kappa shape index (κ1) is 12.6. The van der Waals surface area contributed by atoms with E-state index in [0.29, 0.717) is 5.56 Å². The highest BCUT2D eigenvalue weighted by Gasteiger charge is 2.24. The highest BCUT2D eigenvalue weighted by molar-refractivity contribution is 6.40. The second-order valence-electron chi connectivity index (χ2n) is 4.22. The number of hydrogen-bond donors (Lipinski definition) is 0. The minimum Gasteiger partial charge on any atom is -0.490 e. The van der Waals surface area contributed by atoms with Crippen LogP contribution in [0.4, 0.5) is 0 Å². The molecule has 1 aliphatic heterocycles. The molecule has 0 bridgehead atoms. The first-order valence-corrected chi connectivity index (χ1v) is 6.16. The summed E-state index contributed by atoms with van der Waals surface area (Å²) in [5.41, 5.74) is 1.35. The highest BCUT2D eigenvalue weighted by atomic mass is 16.5. The van der Waals surface area contributed by atoms with Crippen molar-refractivity contribution in [3.63, 3.8) is 0 Å². The van der Waals surface area contributed by atoms with Gasteiger partial charge < -0.3 is 9.47 Å². The van der Waals surface area contributed by atoms with E-state index in [1.807, 2.05) is 0 Å². The van der Waals surface area contributed by atoms with E-state index in [9.17, 15) is 9.59 Å². The number of benzene rings is 1. The Morgan fingerprint density at radius 1 is 1.39 bits per heavy atom. The van der Waals surface area contributed by atoms with Gasteiger partial charge in [0.25, 0.3) is 5.78 Å². The Hall–Kier alpha value is -1.84. The lowest BCUT2D eigenvalue weighted by Gasteiger charge is -2.05. The Morgan fingerprint density at radius 3 is 2.83 bits per heavy atom. The standard InChI is InChI=1S/C14H16O4/c1-3-11-8-10-7-9(5-6-12(10)18-11)13(15)14(16)17-4-2/h5-7,11H,3-4,8H2,1-2H3. The normalized spacial score (nSPS) is 16.9. The van der Waals surface area contributed by atoms with Crippen molar-refractivity contribution in [2.75, 3.05) is 6.61 Å². The summed E-state index contributed by atoms with van der Waals surface area (Å²) in [5, 5.41) is 0. The molecule has 0 aromatic heterocycles. The molecule has 96 valence electrons. The maximum atomic E-state index is 11.8. The van der Waals surface area contributed by atoms with Crippen molar-refractivity contribution in [2.45, 2.75) is 32.8 Å². The fourth-order valence-corrected chi connectivity index (χ4v) is 2.00. The molecule has 4 heteroatoms. The zero-order valence-corrected chi connectivity index (χ0v) is 10.6. The van der Waals surface area contributed by atoms with Crippen molar-refractivity contribution in [2.24, 2.45) is 0 Å². The van der Waals surface area contributed by atoms with Gasteiger partial charge in [0, 0.05) is 12.0 Å². The van der Waals surface area contributed by atoms with Crippen molar-refractivity contribution in [1.82, 2.24) is 0 Å². The van der Waals surface area contributed by atoms with Gasteiger partial charge in [0.1, 0.15) is 11.9 Å². The van der Waals surface area contributed by atoms with Crippen LogP contribution in [0.15, 0.2) is 18.2 Å². The molecule has 0 fully saturated rings. The number of esters is 1. The van der Waals surface area contributed by atoms with Crippen molar-refractivity contribution < 1.29 is 19.1 Å². The van der Waals surface area contributed by atoms with E-state index in [0.717, 1.165) is 24.2 Å². The van der Waals surface area contributed by atoms with Crippen LogP contribution in [0.5, 0.6) is 5.75 Å². The molecule has 1 heterocycles. The van der Waals surface area contributed by atoms with Gasteiger partial charge in [-0.1, -0.05) is 6.92 Å². The molecular weight excluding hydrogens is 232 g/mol. The van der Waals surface area contributed by atoms with Gasteiger partial charge >= 0.3 is 5.97 Å². The van der Waals surface area contributed by atoms with Crippen LogP contribution >= 0.6 is 0 Å². The van der Waals surface area contributed by atoms with Gasteiger partial charge in [-0.05, 0) is 37.1 Å². The van der Waals surface area contributed by atoms with Gasteiger partial charge in [-0.15, -0.1) is 0 Å². The smallest absolute Gasteiger partial charge is 0.379 e. The Labute approximate surface area is 106 Å². The topological polar surface area (TPSA) is 52.6 Å². The molecule has 0 N–H and O–H groups in total. The van der Waals surface area contributed by atoms with E-state index in [-0.39, 0.29) is 12.7 Å². The van der Waals surface area contributed by atoms with Gasteiger partial charge in [-0.25, -0.2) is 4.79 Å². The van der Waals surface area contributed by atoms with Gasteiger partial charge in [0.15, 0.2) is 0 Å². The lowest BCUT2D eigenvalue weighted by molar-refractivity contribution is -0.137. The van der Waals surface area contributed by atoms with Crippen LogP contribution in [-0.2, 0) is 16.0 Å². The predicted octanol–water partition coefficient (Wildman–Crippen LogP) is 2.15. The maximum Gasteiger partial charge on any atom is 0.379 e. The number of Topliss-reactive ketones (excluding diaryl/α,β-unsaturated/α-hetero) is 1. The van der Waals surface area contributed by atoms with Crippen LogP contribution in [-0.4, -0.2) is 24.5 Å². The van der Waals surface area contributed by atoms with Crippen LogP contribution in [0.1, 0.15) is 36.2 Å². The Morgan fingerprint density at radius 2 is 2.17 bits per heavy atom. The molecular formula is C14H16O4. The Kier molecular flexibility index (Phi) is 3.65. The number of hydrogen-bond acceptors (Lipinski definition) is 4. The molecule has 0 amide bonds. The minimum absolute atomic E-state index is 0.174. The molecule has 0 radical (unpaired) electrons. The fourth-order valence-electron chi connectivity index (χ4n) is 2.00. The van der Waals surface area contributed by atoms with E-state index in [4.69, 9.17) is 9.47 Å². The summed E-state index contributed by atoms with van der Waals surface area (Å²) in [4.78, 5) is 23.1. The van der Waals surface area contributed by atoms with Gasteiger partial charge in [-0.3, -0.25) is 4.79 Å². The van der Waals surface area contributed by atoms with E-state index in [1.165, 1.54) is 0 Å². The maximum absolute atomic E-state index is 11.8. The Balaban J connectivity index is 2.18. The second kappa shape index (κ2) is 5.21. The van der Waals surface area contributed by atoms with Crippen LogP contribution in [0, 0.1) is 0 Å². The summed E-state index contributed by atoms with van der Waals surface area (Å²) in [7, 11) is 0. The third-order valence-electron chi connectivity index (χ3n) is 2.98. The number of fused-ring (bicyclic) bond motifs is 1. The number of ether oxygens (including phenoxy) is 2. The number of carbonyl (C=O) groups excluding carboxylic acids is 2. The third-order valence-corrected chi connectivity index (χ3v) is 2.98. The fraction of sp³-hybridized carbons (Fsp3) is 0.429. The van der Waals surface area contributed by atoms with Gasteiger partial charge in [0.2, 0.25) is 0 Å². The number of rotatable bonds is 4. The summed E-state index contributed by atoms with van der Waals surface area (Å²) in [6.45, 7) is 3.94.